The van der Waals surface area contributed by atoms with Gasteiger partial charge in [-0.25, -0.2) is 0 Å². The fraction of sp³-hybridized carbons (Fsp3) is 0.333. The minimum atomic E-state index is -0.682. The van der Waals surface area contributed by atoms with Crippen LogP contribution in [-0.2, 0) is 29.0 Å². The van der Waals surface area contributed by atoms with Gasteiger partial charge in [0, 0.05) is 24.0 Å². The smallest absolute Gasteiger partial charge is 0.243 e. The molecule has 1 saturated carbocycles. The van der Waals surface area contributed by atoms with Crippen molar-refractivity contribution in [2.24, 2.45) is 0 Å². The Morgan fingerprint density at radius 1 is 0.811 bits per heavy atom. The number of nitrogens with one attached hydrogen (secondary N) is 1. The lowest BCUT2D eigenvalue weighted by molar-refractivity contribution is -0.141. The van der Waals surface area contributed by atoms with Crippen molar-refractivity contribution in [2.45, 2.75) is 63.6 Å². The number of carbonyl (C=O) groups excluding carboxylic acids is 2. The molecule has 37 heavy (non-hydrogen) atoms. The van der Waals surface area contributed by atoms with Crippen LogP contribution in [0, 0.1) is 0 Å². The van der Waals surface area contributed by atoms with Crippen molar-refractivity contribution in [3.63, 3.8) is 0 Å². The molecule has 0 aromatic heterocycles. The Bertz CT molecular complexity index is 1200. The Labute approximate surface area is 233 Å². The van der Waals surface area contributed by atoms with Crippen LogP contribution in [0.3, 0.4) is 0 Å². The first-order valence-electron chi connectivity index (χ1n) is 12.7. The summed E-state index contributed by atoms with van der Waals surface area (Å²) in [6, 6.07) is 21.8. The van der Waals surface area contributed by atoms with Crippen LogP contribution < -0.4 is 5.32 Å². The SMILES string of the molecule is O=C(NC1CCCCC1)[C@@H](Cc1ccccc1)N(Cc1ccc(Cl)c(Cl)c1)C(=O)Cc1ccc(Cl)cc1. The van der Waals surface area contributed by atoms with Gasteiger partial charge >= 0.3 is 0 Å². The monoisotopic (exact) mass is 556 g/mol. The highest BCUT2D eigenvalue weighted by Gasteiger charge is 2.32. The predicted molar refractivity (Wildman–Crippen MR) is 151 cm³/mol. The van der Waals surface area contributed by atoms with Gasteiger partial charge in [0.15, 0.2) is 0 Å². The summed E-state index contributed by atoms with van der Waals surface area (Å²) >= 11 is 18.5. The third-order valence-corrected chi connectivity index (χ3v) is 7.82. The average molecular weight is 558 g/mol. The molecule has 0 radical (unpaired) electrons. The molecule has 0 heterocycles. The first kappa shape index (κ1) is 27.5. The summed E-state index contributed by atoms with van der Waals surface area (Å²) < 4.78 is 0. The first-order valence-corrected chi connectivity index (χ1v) is 13.8. The predicted octanol–water partition coefficient (Wildman–Crippen LogP) is 7.28. The Balaban J connectivity index is 1.66. The van der Waals surface area contributed by atoms with Gasteiger partial charge in [0.2, 0.25) is 11.8 Å². The van der Waals surface area contributed by atoms with Gasteiger partial charge in [0.1, 0.15) is 6.04 Å². The highest BCUT2D eigenvalue weighted by Crippen LogP contribution is 2.25. The van der Waals surface area contributed by atoms with Crippen molar-refractivity contribution in [1.29, 1.82) is 0 Å². The molecule has 0 spiro atoms. The topological polar surface area (TPSA) is 49.4 Å². The average Bonchev–Trinajstić information content (AvgIpc) is 2.90. The largest absolute Gasteiger partial charge is 0.352 e. The molecule has 7 heteroatoms. The maximum Gasteiger partial charge on any atom is 0.243 e. The lowest BCUT2D eigenvalue weighted by atomic mass is 9.94. The lowest BCUT2D eigenvalue weighted by Gasteiger charge is -2.33. The number of halogens is 3. The number of hydrogen-bond donors (Lipinski definition) is 1. The summed E-state index contributed by atoms with van der Waals surface area (Å²) in [7, 11) is 0. The molecule has 0 bridgehead atoms. The van der Waals surface area contributed by atoms with Gasteiger partial charge in [-0.15, -0.1) is 0 Å². The van der Waals surface area contributed by atoms with Crippen molar-refractivity contribution in [3.8, 4) is 0 Å². The molecule has 0 unspecified atom stereocenters. The van der Waals surface area contributed by atoms with E-state index in [2.05, 4.69) is 5.32 Å². The minimum absolute atomic E-state index is 0.125. The second-order valence-electron chi connectivity index (χ2n) is 9.62. The number of carbonyl (C=O) groups is 2. The van der Waals surface area contributed by atoms with Crippen molar-refractivity contribution < 1.29 is 9.59 Å². The molecule has 3 aromatic rings. The van der Waals surface area contributed by atoms with E-state index in [0.29, 0.717) is 21.5 Å². The molecule has 0 aliphatic heterocycles. The van der Waals surface area contributed by atoms with Crippen molar-refractivity contribution in [1.82, 2.24) is 10.2 Å². The molecule has 194 valence electrons. The van der Waals surface area contributed by atoms with Gasteiger partial charge in [0.05, 0.1) is 16.5 Å². The molecule has 4 nitrogen and oxygen atoms in total. The van der Waals surface area contributed by atoms with Gasteiger partial charge < -0.3 is 10.2 Å². The van der Waals surface area contributed by atoms with Crippen LogP contribution in [0.5, 0.6) is 0 Å². The van der Waals surface area contributed by atoms with Gasteiger partial charge in [-0.2, -0.15) is 0 Å². The Morgan fingerprint density at radius 2 is 1.49 bits per heavy atom. The standard InChI is InChI=1S/C30H31Cl3N2O2/c31-24-14-11-22(12-15-24)19-29(36)35(20-23-13-16-26(32)27(33)17-23)28(18-21-7-3-1-4-8-21)30(37)34-25-9-5-2-6-10-25/h1,3-4,7-8,11-17,25,28H,2,5-6,9-10,18-20H2,(H,34,37)/t28-/m1/s1. The zero-order valence-corrected chi connectivity index (χ0v) is 22.9. The van der Waals surface area contributed by atoms with E-state index >= 15 is 0 Å². The second-order valence-corrected chi connectivity index (χ2v) is 10.9. The molecular formula is C30H31Cl3N2O2. The number of amides is 2. The normalized spacial score (nSPS) is 14.7. The van der Waals surface area contributed by atoms with E-state index in [1.54, 1.807) is 29.2 Å². The fourth-order valence-electron chi connectivity index (χ4n) is 4.81. The van der Waals surface area contributed by atoms with Crippen molar-refractivity contribution >= 4 is 46.6 Å². The van der Waals surface area contributed by atoms with E-state index < -0.39 is 6.04 Å². The Kier molecular flexibility index (Phi) is 9.90. The molecule has 2 amide bonds. The van der Waals surface area contributed by atoms with Crippen LogP contribution >= 0.6 is 34.8 Å². The summed E-state index contributed by atoms with van der Waals surface area (Å²) in [5.41, 5.74) is 2.63. The van der Waals surface area contributed by atoms with E-state index in [4.69, 9.17) is 34.8 Å². The summed E-state index contributed by atoms with van der Waals surface area (Å²) in [5.74, 6) is -0.270. The van der Waals surface area contributed by atoms with Crippen molar-refractivity contribution in [3.05, 3.63) is 105 Å². The Morgan fingerprint density at radius 3 is 2.16 bits per heavy atom. The molecule has 1 atom stereocenters. The molecule has 1 aliphatic carbocycles. The van der Waals surface area contributed by atoms with Gasteiger partial charge in [-0.05, 0) is 53.8 Å². The first-order chi connectivity index (χ1) is 17.9. The maximum atomic E-state index is 13.8. The van der Waals surface area contributed by atoms with Gasteiger partial charge in [0.25, 0.3) is 0 Å². The van der Waals surface area contributed by atoms with Crippen LogP contribution in [0.25, 0.3) is 0 Å². The van der Waals surface area contributed by atoms with E-state index in [-0.39, 0.29) is 30.8 Å². The summed E-state index contributed by atoms with van der Waals surface area (Å²) in [6.45, 7) is 0.235. The van der Waals surface area contributed by atoms with Crippen LogP contribution in [-0.4, -0.2) is 28.8 Å². The van der Waals surface area contributed by atoms with Crippen molar-refractivity contribution in [2.75, 3.05) is 0 Å². The summed E-state index contributed by atoms with van der Waals surface area (Å²) in [4.78, 5) is 29.3. The number of nitrogens with zero attached hydrogens (tertiary/aromatic N) is 1. The van der Waals surface area contributed by atoms with Crippen LogP contribution in [0.1, 0.15) is 48.8 Å². The Hall–Kier alpha value is -2.53. The number of benzene rings is 3. The highest BCUT2D eigenvalue weighted by molar-refractivity contribution is 6.42. The van der Waals surface area contributed by atoms with Crippen LogP contribution in [0.15, 0.2) is 72.8 Å². The number of rotatable bonds is 9. The number of hydrogen-bond acceptors (Lipinski definition) is 2. The quantitative estimate of drug-likeness (QED) is 0.301. The molecule has 1 fully saturated rings. The molecule has 0 saturated heterocycles. The highest BCUT2D eigenvalue weighted by atomic mass is 35.5. The molecule has 3 aromatic carbocycles. The van der Waals surface area contributed by atoms with Gasteiger partial charge in [-0.3, -0.25) is 9.59 Å². The molecule has 4 rings (SSSR count). The second kappa shape index (κ2) is 13.3. The molecular weight excluding hydrogens is 527 g/mol. The van der Waals surface area contributed by atoms with E-state index in [0.717, 1.165) is 42.4 Å². The summed E-state index contributed by atoms with van der Waals surface area (Å²) in [5, 5.41) is 4.72. The molecule has 1 N–H and O–H groups in total. The van der Waals surface area contributed by atoms with Crippen LogP contribution in [0.2, 0.25) is 15.1 Å². The third kappa shape index (κ3) is 7.98. The third-order valence-electron chi connectivity index (χ3n) is 6.83. The van der Waals surface area contributed by atoms with E-state index in [1.165, 1.54) is 6.42 Å². The zero-order chi connectivity index (χ0) is 26.2. The summed E-state index contributed by atoms with van der Waals surface area (Å²) in [6.07, 6.45) is 5.91. The van der Waals surface area contributed by atoms with E-state index in [1.807, 2.05) is 48.5 Å². The maximum absolute atomic E-state index is 13.8. The van der Waals surface area contributed by atoms with E-state index in [9.17, 15) is 9.59 Å². The molecule has 1 aliphatic rings. The minimum Gasteiger partial charge on any atom is -0.352 e. The fourth-order valence-corrected chi connectivity index (χ4v) is 5.26. The zero-order valence-electron chi connectivity index (χ0n) is 20.6. The van der Waals surface area contributed by atoms with Gasteiger partial charge in [-0.1, -0.05) is 103 Å². The lowest BCUT2D eigenvalue weighted by Crippen LogP contribution is -2.53. The van der Waals surface area contributed by atoms with Crippen LogP contribution in [0.4, 0.5) is 0 Å².